The monoisotopic (exact) mass is 254 g/mol. The predicted molar refractivity (Wildman–Crippen MR) is 71.4 cm³/mol. The van der Waals surface area contributed by atoms with Gasteiger partial charge in [0.15, 0.2) is 0 Å². The van der Waals surface area contributed by atoms with Crippen molar-refractivity contribution in [2.45, 2.75) is 51.0 Å². The number of nitrogens with one attached hydrogen (secondary N) is 2. The Bertz CT molecular complexity index is 246. The van der Waals surface area contributed by atoms with E-state index in [0.29, 0.717) is 18.6 Å². The average molecular weight is 254 g/mol. The zero-order valence-electron chi connectivity index (χ0n) is 11.2. The number of amides is 1. The van der Waals surface area contributed by atoms with Crippen LogP contribution in [-0.2, 0) is 9.53 Å². The maximum absolute atomic E-state index is 11.7. The zero-order chi connectivity index (χ0) is 12.6. The van der Waals surface area contributed by atoms with Gasteiger partial charge in [0.1, 0.15) is 6.61 Å². The molecule has 0 spiro atoms. The highest BCUT2D eigenvalue weighted by Gasteiger charge is 2.17. The van der Waals surface area contributed by atoms with Crippen molar-refractivity contribution in [1.82, 2.24) is 10.6 Å². The number of rotatable bonds is 5. The Morgan fingerprint density at radius 3 is 2.72 bits per heavy atom. The summed E-state index contributed by atoms with van der Waals surface area (Å²) in [6.45, 7) is 3.10. The van der Waals surface area contributed by atoms with E-state index in [1.54, 1.807) is 0 Å². The summed E-state index contributed by atoms with van der Waals surface area (Å²) in [5, 5.41) is 6.44. The summed E-state index contributed by atoms with van der Waals surface area (Å²) in [7, 11) is 0. The van der Waals surface area contributed by atoms with Crippen LogP contribution in [0.4, 0.5) is 0 Å². The highest BCUT2D eigenvalue weighted by atomic mass is 16.5. The first kappa shape index (κ1) is 13.8. The average Bonchev–Trinajstić information content (AvgIpc) is 2.41. The molecule has 1 saturated carbocycles. The van der Waals surface area contributed by atoms with Gasteiger partial charge in [0.2, 0.25) is 5.91 Å². The standard InChI is InChI=1S/C14H26N2O2/c17-14(16-13-6-2-1-3-7-13)11-18-10-12-5-4-8-15-9-12/h12-13,15H,1-11H2,(H,16,17). The van der Waals surface area contributed by atoms with E-state index in [2.05, 4.69) is 10.6 Å². The second-order valence-corrected chi connectivity index (χ2v) is 5.63. The normalized spacial score (nSPS) is 25.9. The maximum atomic E-state index is 11.7. The van der Waals surface area contributed by atoms with E-state index < -0.39 is 0 Å². The first-order valence-corrected chi connectivity index (χ1v) is 7.42. The Morgan fingerprint density at radius 2 is 2.00 bits per heavy atom. The topological polar surface area (TPSA) is 50.4 Å². The SMILES string of the molecule is O=C(COCC1CCCNC1)NC1CCCCC1. The summed E-state index contributed by atoms with van der Waals surface area (Å²) in [4.78, 5) is 11.7. The largest absolute Gasteiger partial charge is 0.371 e. The molecule has 2 N–H and O–H groups in total. The fourth-order valence-corrected chi connectivity index (χ4v) is 2.90. The van der Waals surface area contributed by atoms with E-state index in [-0.39, 0.29) is 12.5 Å². The van der Waals surface area contributed by atoms with Crippen molar-refractivity contribution >= 4 is 5.91 Å². The van der Waals surface area contributed by atoms with Crippen LogP contribution in [0.15, 0.2) is 0 Å². The van der Waals surface area contributed by atoms with Crippen LogP contribution in [0, 0.1) is 5.92 Å². The molecule has 1 amide bonds. The van der Waals surface area contributed by atoms with Crippen molar-refractivity contribution in [3.05, 3.63) is 0 Å². The molecule has 2 rings (SSSR count). The number of ether oxygens (including phenoxy) is 1. The molecule has 1 heterocycles. The fraction of sp³-hybridized carbons (Fsp3) is 0.929. The quantitative estimate of drug-likeness (QED) is 0.781. The smallest absolute Gasteiger partial charge is 0.246 e. The first-order chi connectivity index (χ1) is 8.84. The number of hydrogen-bond donors (Lipinski definition) is 2. The van der Waals surface area contributed by atoms with Crippen molar-refractivity contribution in [3.63, 3.8) is 0 Å². The van der Waals surface area contributed by atoms with E-state index in [0.717, 1.165) is 25.9 Å². The maximum Gasteiger partial charge on any atom is 0.246 e. The van der Waals surface area contributed by atoms with E-state index in [4.69, 9.17) is 4.74 Å². The summed E-state index contributed by atoms with van der Waals surface area (Å²) in [6, 6.07) is 0.395. The van der Waals surface area contributed by atoms with E-state index in [9.17, 15) is 4.79 Å². The Labute approximate surface area is 110 Å². The second-order valence-electron chi connectivity index (χ2n) is 5.63. The molecule has 1 aliphatic carbocycles. The zero-order valence-corrected chi connectivity index (χ0v) is 11.2. The molecule has 1 atom stereocenters. The summed E-state index contributed by atoms with van der Waals surface area (Å²) < 4.78 is 5.52. The lowest BCUT2D eigenvalue weighted by Crippen LogP contribution is -2.39. The van der Waals surface area contributed by atoms with Gasteiger partial charge in [-0.2, -0.15) is 0 Å². The van der Waals surface area contributed by atoms with Crippen LogP contribution in [-0.4, -0.2) is 38.3 Å². The minimum absolute atomic E-state index is 0.0608. The summed E-state index contributed by atoms with van der Waals surface area (Å²) >= 11 is 0. The summed E-state index contributed by atoms with van der Waals surface area (Å²) in [6.07, 6.45) is 8.53. The highest BCUT2D eigenvalue weighted by molar-refractivity contribution is 5.77. The third-order valence-corrected chi connectivity index (χ3v) is 3.96. The van der Waals surface area contributed by atoms with Gasteiger partial charge in [0, 0.05) is 12.6 Å². The minimum atomic E-state index is 0.0608. The van der Waals surface area contributed by atoms with E-state index in [1.807, 2.05) is 0 Å². The molecule has 0 bridgehead atoms. The molecule has 0 radical (unpaired) electrons. The summed E-state index contributed by atoms with van der Waals surface area (Å²) in [5.41, 5.74) is 0. The lowest BCUT2D eigenvalue weighted by Gasteiger charge is -2.24. The van der Waals surface area contributed by atoms with Crippen LogP contribution < -0.4 is 10.6 Å². The van der Waals surface area contributed by atoms with Crippen LogP contribution in [0.2, 0.25) is 0 Å². The van der Waals surface area contributed by atoms with E-state index >= 15 is 0 Å². The van der Waals surface area contributed by atoms with Crippen molar-refractivity contribution in [1.29, 1.82) is 0 Å². The van der Waals surface area contributed by atoms with Gasteiger partial charge >= 0.3 is 0 Å². The first-order valence-electron chi connectivity index (χ1n) is 7.42. The molecule has 2 aliphatic rings. The molecule has 0 aromatic rings. The van der Waals surface area contributed by atoms with Crippen LogP contribution in [0.1, 0.15) is 44.9 Å². The molecule has 0 aromatic heterocycles. The van der Waals surface area contributed by atoms with Gasteiger partial charge in [0.05, 0.1) is 6.61 Å². The van der Waals surface area contributed by atoms with Crippen LogP contribution in [0.5, 0.6) is 0 Å². The molecular formula is C14H26N2O2. The lowest BCUT2D eigenvalue weighted by atomic mass is 9.95. The van der Waals surface area contributed by atoms with Gasteiger partial charge in [-0.3, -0.25) is 4.79 Å². The fourth-order valence-electron chi connectivity index (χ4n) is 2.90. The molecule has 0 aromatic carbocycles. The third kappa shape index (κ3) is 4.94. The molecular weight excluding hydrogens is 228 g/mol. The highest BCUT2D eigenvalue weighted by Crippen LogP contribution is 2.17. The number of carbonyl (C=O) groups excluding carboxylic acids is 1. The van der Waals surface area contributed by atoms with Gasteiger partial charge in [-0.05, 0) is 38.1 Å². The number of carbonyl (C=O) groups is 1. The third-order valence-electron chi connectivity index (χ3n) is 3.96. The molecule has 18 heavy (non-hydrogen) atoms. The van der Waals surface area contributed by atoms with Crippen molar-refractivity contribution in [2.24, 2.45) is 5.92 Å². The minimum Gasteiger partial charge on any atom is -0.371 e. The number of hydrogen-bond acceptors (Lipinski definition) is 3. The molecule has 2 fully saturated rings. The van der Waals surface area contributed by atoms with Gasteiger partial charge in [-0.1, -0.05) is 19.3 Å². The predicted octanol–water partition coefficient (Wildman–Crippen LogP) is 1.45. The Balaban J connectivity index is 1.53. The van der Waals surface area contributed by atoms with Crippen molar-refractivity contribution in [2.75, 3.05) is 26.3 Å². The lowest BCUT2D eigenvalue weighted by molar-refractivity contribution is -0.127. The molecule has 1 saturated heterocycles. The summed E-state index contributed by atoms with van der Waals surface area (Å²) in [5.74, 6) is 0.645. The van der Waals surface area contributed by atoms with Crippen LogP contribution in [0.3, 0.4) is 0 Å². The van der Waals surface area contributed by atoms with Gasteiger partial charge in [-0.25, -0.2) is 0 Å². The molecule has 4 heteroatoms. The van der Waals surface area contributed by atoms with Crippen LogP contribution in [0.25, 0.3) is 0 Å². The Kier molecular flexibility index (Phi) is 5.94. The van der Waals surface area contributed by atoms with Gasteiger partial charge in [-0.15, -0.1) is 0 Å². The van der Waals surface area contributed by atoms with Gasteiger partial charge in [0.25, 0.3) is 0 Å². The number of piperidine rings is 1. The van der Waals surface area contributed by atoms with Gasteiger partial charge < -0.3 is 15.4 Å². The molecule has 4 nitrogen and oxygen atoms in total. The van der Waals surface area contributed by atoms with Crippen molar-refractivity contribution in [3.8, 4) is 0 Å². The van der Waals surface area contributed by atoms with E-state index in [1.165, 1.54) is 32.1 Å². The van der Waals surface area contributed by atoms with Crippen LogP contribution >= 0.6 is 0 Å². The molecule has 1 aliphatic heterocycles. The molecule has 1 unspecified atom stereocenters. The Hall–Kier alpha value is -0.610. The second kappa shape index (κ2) is 7.74. The Morgan fingerprint density at radius 1 is 1.17 bits per heavy atom. The molecule has 104 valence electrons. The van der Waals surface area contributed by atoms with Crippen molar-refractivity contribution < 1.29 is 9.53 Å².